The molecule has 5 nitrogen and oxygen atoms in total. The Labute approximate surface area is 148 Å². The van der Waals surface area contributed by atoms with Crippen LogP contribution in [-0.4, -0.2) is 12.0 Å². The second kappa shape index (κ2) is 6.62. The largest absolute Gasteiger partial charge is 0.497 e. The van der Waals surface area contributed by atoms with E-state index in [0.717, 1.165) is 31.8 Å². The van der Waals surface area contributed by atoms with Gasteiger partial charge in [0, 0.05) is 12.1 Å². The fraction of sp³-hybridized carbons (Fsp3) is 0.118. The van der Waals surface area contributed by atoms with Gasteiger partial charge in [0.2, 0.25) is 5.69 Å². The summed E-state index contributed by atoms with van der Waals surface area (Å²) in [6.45, 7) is 0. The van der Waals surface area contributed by atoms with E-state index < -0.39 is 4.92 Å². The normalized spacial score (nSPS) is 10.6. The molecular formula is C17H15N2O3S2+. The smallest absolute Gasteiger partial charge is 0.270 e. The van der Waals surface area contributed by atoms with E-state index in [-0.39, 0.29) is 5.69 Å². The molecule has 0 bridgehead atoms. The molecule has 1 aromatic heterocycles. The Balaban J connectivity index is 2.09. The van der Waals surface area contributed by atoms with E-state index in [1.54, 1.807) is 19.2 Å². The lowest BCUT2D eigenvalue weighted by molar-refractivity contribution is -0.646. The number of methoxy groups -OCH3 is 1. The predicted octanol–water partition coefficient (Wildman–Crippen LogP) is 4.11. The molecule has 0 aliphatic rings. The van der Waals surface area contributed by atoms with E-state index in [0.29, 0.717) is 0 Å². The predicted molar refractivity (Wildman–Crippen MR) is 96.8 cm³/mol. The minimum absolute atomic E-state index is 0.0671. The van der Waals surface area contributed by atoms with Crippen molar-refractivity contribution in [2.24, 2.45) is 7.05 Å². The molecule has 122 valence electrons. The van der Waals surface area contributed by atoms with Crippen molar-refractivity contribution in [3.8, 4) is 27.6 Å². The van der Waals surface area contributed by atoms with Crippen molar-refractivity contribution in [2.75, 3.05) is 7.11 Å². The number of nitrogens with zero attached hydrogens (tertiary/aromatic N) is 2. The van der Waals surface area contributed by atoms with Crippen LogP contribution in [0.25, 0.3) is 21.8 Å². The SMILES string of the molecule is COc1ccc(-c2sc(S)c(-c3cccc([N+](=O)[O-])c3)[n+]2C)cc1. The summed E-state index contributed by atoms with van der Waals surface area (Å²) in [4.78, 5) is 10.6. The van der Waals surface area contributed by atoms with Crippen molar-refractivity contribution < 1.29 is 14.2 Å². The van der Waals surface area contributed by atoms with Gasteiger partial charge in [-0.25, -0.2) is 0 Å². The molecule has 2 aromatic carbocycles. The average molecular weight is 359 g/mol. The van der Waals surface area contributed by atoms with Gasteiger partial charge in [0.15, 0.2) is 0 Å². The van der Waals surface area contributed by atoms with Crippen LogP contribution in [0.1, 0.15) is 0 Å². The minimum Gasteiger partial charge on any atom is -0.497 e. The van der Waals surface area contributed by atoms with Crippen molar-refractivity contribution in [3.63, 3.8) is 0 Å². The standard InChI is InChI=1S/C17H14N2O3S2/c1-18-15(12-4-3-5-13(10-12)19(20)21)17(23)24-16(18)11-6-8-14(22-2)9-7-11/h3-10H,1-2H3/p+1. The fourth-order valence-electron chi connectivity index (χ4n) is 2.52. The Morgan fingerprint density at radius 2 is 1.88 bits per heavy atom. The molecule has 24 heavy (non-hydrogen) atoms. The molecule has 0 amide bonds. The topological polar surface area (TPSA) is 56.3 Å². The first-order chi connectivity index (χ1) is 11.5. The number of benzene rings is 2. The van der Waals surface area contributed by atoms with E-state index in [1.165, 1.54) is 17.4 Å². The van der Waals surface area contributed by atoms with Crippen LogP contribution in [0.15, 0.2) is 52.7 Å². The number of aromatic nitrogens is 1. The number of non-ortho nitro benzene ring substituents is 1. The first-order valence-electron chi connectivity index (χ1n) is 7.12. The Kier molecular flexibility index (Phi) is 4.55. The summed E-state index contributed by atoms with van der Waals surface area (Å²) < 4.78 is 8.00. The van der Waals surface area contributed by atoms with Gasteiger partial charge in [0.25, 0.3) is 10.7 Å². The lowest BCUT2D eigenvalue weighted by Crippen LogP contribution is -2.30. The van der Waals surface area contributed by atoms with Crippen LogP contribution < -0.4 is 9.30 Å². The lowest BCUT2D eigenvalue weighted by atomic mass is 10.1. The number of thiazole rings is 1. The lowest BCUT2D eigenvalue weighted by Gasteiger charge is -2.01. The van der Waals surface area contributed by atoms with Crippen LogP contribution in [0.3, 0.4) is 0 Å². The van der Waals surface area contributed by atoms with E-state index in [9.17, 15) is 10.1 Å². The molecule has 7 heteroatoms. The highest BCUT2D eigenvalue weighted by Gasteiger charge is 2.25. The van der Waals surface area contributed by atoms with Crippen molar-refractivity contribution in [1.82, 2.24) is 0 Å². The highest BCUT2D eigenvalue weighted by molar-refractivity contribution is 7.83. The Hall–Kier alpha value is -2.38. The van der Waals surface area contributed by atoms with Crippen molar-refractivity contribution in [2.45, 2.75) is 4.21 Å². The van der Waals surface area contributed by atoms with E-state index in [2.05, 4.69) is 12.6 Å². The van der Waals surface area contributed by atoms with Crippen LogP contribution >= 0.6 is 24.0 Å². The molecule has 0 aliphatic heterocycles. The monoisotopic (exact) mass is 359 g/mol. The number of rotatable bonds is 4. The highest BCUT2D eigenvalue weighted by Crippen LogP contribution is 2.35. The van der Waals surface area contributed by atoms with Crippen LogP contribution in [0, 0.1) is 10.1 Å². The zero-order chi connectivity index (χ0) is 17.3. The van der Waals surface area contributed by atoms with Crippen LogP contribution in [0.2, 0.25) is 0 Å². The Morgan fingerprint density at radius 3 is 2.50 bits per heavy atom. The maximum Gasteiger partial charge on any atom is 0.270 e. The molecule has 0 N–H and O–H groups in total. The van der Waals surface area contributed by atoms with Gasteiger partial charge in [-0.2, -0.15) is 4.57 Å². The molecule has 3 aromatic rings. The molecule has 3 rings (SSSR count). The Bertz CT molecular complexity index is 905. The van der Waals surface area contributed by atoms with E-state index >= 15 is 0 Å². The number of nitro groups is 1. The van der Waals surface area contributed by atoms with Gasteiger partial charge < -0.3 is 4.74 Å². The fourth-order valence-corrected chi connectivity index (χ4v) is 4.08. The first kappa shape index (κ1) is 16.5. The molecule has 0 spiro atoms. The zero-order valence-corrected chi connectivity index (χ0v) is 14.8. The molecule has 0 unspecified atom stereocenters. The number of thiol groups is 1. The van der Waals surface area contributed by atoms with Crippen LogP contribution in [-0.2, 0) is 7.05 Å². The van der Waals surface area contributed by atoms with Gasteiger partial charge in [-0.1, -0.05) is 17.4 Å². The summed E-state index contributed by atoms with van der Waals surface area (Å²) in [5.41, 5.74) is 2.73. The van der Waals surface area contributed by atoms with Crippen molar-refractivity contribution >= 4 is 29.7 Å². The summed E-state index contributed by atoms with van der Waals surface area (Å²) in [5.74, 6) is 0.794. The molecule has 0 saturated carbocycles. The highest BCUT2D eigenvalue weighted by atomic mass is 32.2. The van der Waals surface area contributed by atoms with Gasteiger partial charge >= 0.3 is 0 Å². The summed E-state index contributed by atoms with van der Waals surface area (Å²) >= 11 is 6.11. The summed E-state index contributed by atoms with van der Waals surface area (Å²) in [6, 6.07) is 14.4. The molecule has 1 heterocycles. The number of nitro benzene ring substituents is 1. The summed E-state index contributed by atoms with van der Waals surface area (Å²) in [7, 11) is 3.57. The molecule has 0 saturated heterocycles. The van der Waals surface area contributed by atoms with Crippen LogP contribution in [0.4, 0.5) is 5.69 Å². The van der Waals surface area contributed by atoms with Gasteiger partial charge in [0.1, 0.15) is 17.0 Å². The van der Waals surface area contributed by atoms with Crippen molar-refractivity contribution in [1.29, 1.82) is 0 Å². The van der Waals surface area contributed by atoms with E-state index in [4.69, 9.17) is 4.74 Å². The third-order valence-corrected chi connectivity index (χ3v) is 5.28. The average Bonchev–Trinajstić information content (AvgIpc) is 2.89. The Morgan fingerprint density at radius 1 is 1.17 bits per heavy atom. The molecule has 0 aliphatic carbocycles. The maximum atomic E-state index is 11.0. The molecule has 0 radical (unpaired) electrons. The molecular weight excluding hydrogens is 344 g/mol. The van der Waals surface area contributed by atoms with E-state index in [1.807, 2.05) is 41.9 Å². The third kappa shape index (κ3) is 3.00. The van der Waals surface area contributed by atoms with Crippen molar-refractivity contribution in [3.05, 3.63) is 58.6 Å². The number of ether oxygens (including phenoxy) is 1. The van der Waals surface area contributed by atoms with Gasteiger partial charge in [-0.3, -0.25) is 10.1 Å². The number of hydrogen-bond acceptors (Lipinski definition) is 5. The molecule has 0 fully saturated rings. The minimum atomic E-state index is -0.390. The number of hydrogen-bond donors (Lipinski definition) is 1. The zero-order valence-electron chi connectivity index (χ0n) is 13.1. The van der Waals surface area contributed by atoms with Crippen LogP contribution in [0.5, 0.6) is 5.75 Å². The van der Waals surface area contributed by atoms with Gasteiger partial charge in [0.05, 0.1) is 23.2 Å². The first-order valence-corrected chi connectivity index (χ1v) is 8.38. The second-order valence-electron chi connectivity index (χ2n) is 5.16. The maximum absolute atomic E-state index is 11.0. The second-order valence-corrected chi connectivity index (χ2v) is 6.90. The summed E-state index contributed by atoms with van der Waals surface area (Å²) in [5, 5.41) is 12.0. The van der Waals surface area contributed by atoms with Gasteiger partial charge in [-0.15, -0.1) is 12.6 Å². The quantitative estimate of drug-likeness (QED) is 0.330. The third-order valence-electron chi connectivity index (χ3n) is 3.70. The molecule has 0 atom stereocenters. The van der Waals surface area contributed by atoms with Gasteiger partial charge in [-0.05, 0) is 30.3 Å². The summed E-state index contributed by atoms with van der Waals surface area (Å²) in [6.07, 6.45) is 0.